The average molecular weight is 251 g/mol. The number of benzene rings is 1. The molecule has 1 saturated heterocycles. The highest BCUT2D eigenvalue weighted by Gasteiger charge is 2.19. The number of piperazine rings is 1. The quantitative estimate of drug-likeness (QED) is 0.866. The van der Waals surface area contributed by atoms with Crippen LogP contribution in [0.4, 0.5) is 4.39 Å². The molecule has 0 bridgehead atoms. The summed E-state index contributed by atoms with van der Waals surface area (Å²) in [6.07, 6.45) is 0. The predicted molar refractivity (Wildman–Crippen MR) is 72.0 cm³/mol. The Morgan fingerprint density at radius 3 is 2.78 bits per heavy atom. The molecule has 1 aliphatic heterocycles. The monoisotopic (exact) mass is 251 g/mol. The van der Waals surface area contributed by atoms with Gasteiger partial charge in [-0.05, 0) is 31.8 Å². The van der Waals surface area contributed by atoms with Crippen molar-refractivity contribution in [3.8, 4) is 0 Å². The lowest BCUT2D eigenvalue weighted by Crippen LogP contribution is -2.53. The molecule has 1 aliphatic rings. The molecule has 0 radical (unpaired) electrons. The smallest absolute Gasteiger partial charge is 0.123 e. The molecule has 0 aromatic heterocycles. The lowest BCUT2D eigenvalue weighted by atomic mass is 10.1. The molecule has 18 heavy (non-hydrogen) atoms. The van der Waals surface area contributed by atoms with Gasteiger partial charge in [0.15, 0.2) is 0 Å². The van der Waals surface area contributed by atoms with E-state index < -0.39 is 0 Å². The topological polar surface area (TPSA) is 18.5 Å². The van der Waals surface area contributed by atoms with Gasteiger partial charge < -0.3 is 10.2 Å². The van der Waals surface area contributed by atoms with Crippen molar-refractivity contribution in [2.75, 3.05) is 40.3 Å². The second-order valence-corrected chi connectivity index (χ2v) is 5.16. The van der Waals surface area contributed by atoms with Gasteiger partial charge in [-0.15, -0.1) is 0 Å². The van der Waals surface area contributed by atoms with Gasteiger partial charge in [0.05, 0.1) is 0 Å². The van der Waals surface area contributed by atoms with E-state index in [1.165, 1.54) is 12.1 Å². The molecule has 1 aromatic rings. The van der Waals surface area contributed by atoms with Crippen LogP contribution in [0, 0.1) is 5.82 Å². The van der Waals surface area contributed by atoms with E-state index in [9.17, 15) is 4.39 Å². The predicted octanol–water partition coefficient (Wildman–Crippen LogP) is 1.16. The molecule has 0 spiro atoms. The molecular formula is C14H22FN3. The molecule has 2 rings (SSSR count). The average Bonchev–Trinajstić information content (AvgIpc) is 2.35. The maximum Gasteiger partial charge on any atom is 0.123 e. The zero-order valence-corrected chi connectivity index (χ0v) is 11.2. The Morgan fingerprint density at radius 2 is 2.11 bits per heavy atom. The third kappa shape index (κ3) is 3.77. The van der Waals surface area contributed by atoms with Crippen LogP contribution in [0.5, 0.6) is 0 Å². The zero-order valence-electron chi connectivity index (χ0n) is 11.2. The Balaban J connectivity index is 1.84. The van der Waals surface area contributed by atoms with Crippen LogP contribution in [0.1, 0.15) is 5.56 Å². The first-order valence-corrected chi connectivity index (χ1v) is 6.49. The van der Waals surface area contributed by atoms with Gasteiger partial charge in [-0.3, -0.25) is 4.90 Å². The minimum Gasteiger partial charge on any atom is -0.314 e. The lowest BCUT2D eigenvalue weighted by molar-refractivity contribution is 0.150. The summed E-state index contributed by atoms with van der Waals surface area (Å²) in [6, 6.07) is 7.32. The number of rotatable bonds is 4. The van der Waals surface area contributed by atoms with Crippen molar-refractivity contribution in [2.24, 2.45) is 0 Å². The van der Waals surface area contributed by atoms with E-state index in [1.54, 1.807) is 0 Å². The van der Waals surface area contributed by atoms with Crippen molar-refractivity contribution >= 4 is 0 Å². The SMILES string of the molecule is CN(Cc1ccc(F)cc1)CC1CNCCN1C. The molecule has 0 aliphatic carbocycles. The van der Waals surface area contributed by atoms with Crippen LogP contribution in [0.15, 0.2) is 24.3 Å². The highest BCUT2D eigenvalue weighted by atomic mass is 19.1. The van der Waals surface area contributed by atoms with Crippen molar-refractivity contribution in [1.82, 2.24) is 15.1 Å². The van der Waals surface area contributed by atoms with E-state index in [1.807, 2.05) is 12.1 Å². The van der Waals surface area contributed by atoms with E-state index in [0.717, 1.165) is 38.3 Å². The second-order valence-electron chi connectivity index (χ2n) is 5.16. The molecule has 1 atom stereocenters. The van der Waals surface area contributed by atoms with E-state index >= 15 is 0 Å². The van der Waals surface area contributed by atoms with Crippen molar-refractivity contribution in [2.45, 2.75) is 12.6 Å². The summed E-state index contributed by atoms with van der Waals surface area (Å²) >= 11 is 0. The van der Waals surface area contributed by atoms with Gasteiger partial charge in [-0.1, -0.05) is 12.1 Å². The van der Waals surface area contributed by atoms with Crippen molar-refractivity contribution in [1.29, 1.82) is 0 Å². The van der Waals surface area contributed by atoms with E-state index in [-0.39, 0.29) is 5.82 Å². The largest absolute Gasteiger partial charge is 0.314 e. The molecule has 1 fully saturated rings. The molecule has 1 aromatic carbocycles. The summed E-state index contributed by atoms with van der Waals surface area (Å²) in [6.45, 7) is 5.12. The van der Waals surface area contributed by atoms with Gasteiger partial charge in [-0.25, -0.2) is 4.39 Å². The highest BCUT2D eigenvalue weighted by Crippen LogP contribution is 2.08. The Labute approximate surface area is 109 Å². The van der Waals surface area contributed by atoms with E-state index in [4.69, 9.17) is 0 Å². The summed E-state index contributed by atoms with van der Waals surface area (Å²) in [5, 5.41) is 3.42. The third-order valence-corrected chi connectivity index (χ3v) is 3.53. The number of likely N-dealkylation sites (N-methyl/N-ethyl adjacent to an activating group) is 2. The van der Waals surface area contributed by atoms with Crippen LogP contribution in [0.25, 0.3) is 0 Å². The zero-order chi connectivity index (χ0) is 13.0. The summed E-state index contributed by atoms with van der Waals surface area (Å²) in [5.41, 5.74) is 1.16. The molecule has 4 heteroatoms. The van der Waals surface area contributed by atoms with Crippen LogP contribution in [-0.2, 0) is 6.54 Å². The van der Waals surface area contributed by atoms with Gasteiger partial charge in [-0.2, -0.15) is 0 Å². The standard InChI is InChI=1S/C14H22FN3/c1-17(10-12-3-5-13(15)6-4-12)11-14-9-16-7-8-18(14)2/h3-6,14,16H,7-11H2,1-2H3. The Hall–Kier alpha value is -0.970. The fraction of sp³-hybridized carbons (Fsp3) is 0.571. The summed E-state index contributed by atoms with van der Waals surface area (Å²) in [5.74, 6) is -0.169. The molecule has 100 valence electrons. The highest BCUT2D eigenvalue weighted by molar-refractivity contribution is 5.15. The summed E-state index contributed by atoms with van der Waals surface area (Å²) < 4.78 is 12.8. The van der Waals surface area contributed by atoms with Gasteiger partial charge in [0, 0.05) is 38.8 Å². The first-order valence-electron chi connectivity index (χ1n) is 6.49. The maximum atomic E-state index is 12.8. The first-order chi connectivity index (χ1) is 8.65. The van der Waals surface area contributed by atoms with Gasteiger partial charge in [0.1, 0.15) is 5.82 Å². The first kappa shape index (κ1) is 13.5. The van der Waals surface area contributed by atoms with Gasteiger partial charge >= 0.3 is 0 Å². The number of hydrogen-bond acceptors (Lipinski definition) is 3. The molecule has 1 heterocycles. The van der Waals surface area contributed by atoms with Crippen LogP contribution in [0.2, 0.25) is 0 Å². The fourth-order valence-corrected chi connectivity index (χ4v) is 2.39. The number of nitrogens with one attached hydrogen (secondary N) is 1. The molecule has 1 unspecified atom stereocenters. The Bertz CT molecular complexity index is 366. The van der Waals surface area contributed by atoms with E-state index in [0.29, 0.717) is 6.04 Å². The maximum absolute atomic E-state index is 12.8. The minimum atomic E-state index is -0.169. The van der Waals surface area contributed by atoms with Crippen LogP contribution >= 0.6 is 0 Å². The molecule has 0 saturated carbocycles. The van der Waals surface area contributed by atoms with Crippen LogP contribution < -0.4 is 5.32 Å². The molecular weight excluding hydrogens is 229 g/mol. The molecule has 0 amide bonds. The summed E-state index contributed by atoms with van der Waals surface area (Å²) in [7, 11) is 4.29. The summed E-state index contributed by atoms with van der Waals surface area (Å²) in [4.78, 5) is 4.69. The van der Waals surface area contributed by atoms with E-state index in [2.05, 4.69) is 29.2 Å². The van der Waals surface area contributed by atoms with Gasteiger partial charge in [0.2, 0.25) is 0 Å². The lowest BCUT2D eigenvalue weighted by Gasteiger charge is -2.35. The minimum absolute atomic E-state index is 0.169. The normalized spacial score (nSPS) is 21.4. The van der Waals surface area contributed by atoms with Crippen LogP contribution in [0.3, 0.4) is 0 Å². The van der Waals surface area contributed by atoms with Crippen molar-refractivity contribution in [3.63, 3.8) is 0 Å². The second kappa shape index (κ2) is 6.27. The Morgan fingerprint density at radius 1 is 1.39 bits per heavy atom. The number of hydrogen-bond donors (Lipinski definition) is 1. The molecule has 3 nitrogen and oxygen atoms in total. The number of halogens is 1. The fourth-order valence-electron chi connectivity index (χ4n) is 2.39. The Kier molecular flexibility index (Phi) is 4.69. The van der Waals surface area contributed by atoms with Crippen molar-refractivity contribution in [3.05, 3.63) is 35.6 Å². The molecule has 1 N–H and O–H groups in total. The van der Waals surface area contributed by atoms with Crippen LogP contribution in [-0.4, -0.2) is 56.1 Å². The third-order valence-electron chi connectivity index (χ3n) is 3.53. The van der Waals surface area contributed by atoms with Crippen molar-refractivity contribution < 1.29 is 4.39 Å². The van der Waals surface area contributed by atoms with Gasteiger partial charge in [0.25, 0.3) is 0 Å². The number of nitrogens with zero attached hydrogens (tertiary/aromatic N) is 2.